The second-order valence-corrected chi connectivity index (χ2v) is 29.7. The molecule has 0 spiro atoms. The van der Waals surface area contributed by atoms with Crippen molar-refractivity contribution in [3.05, 3.63) is 0 Å². The first kappa shape index (κ1) is 86.1. The van der Waals surface area contributed by atoms with E-state index in [9.17, 15) is 43.2 Å². The summed E-state index contributed by atoms with van der Waals surface area (Å²) in [5.41, 5.74) is 0. The van der Waals surface area contributed by atoms with Gasteiger partial charge in [0.25, 0.3) is 0 Å². The van der Waals surface area contributed by atoms with Crippen molar-refractivity contribution in [2.45, 2.75) is 356 Å². The van der Waals surface area contributed by atoms with Gasteiger partial charge in [-0.25, -0.2) is 9.13 Å². The highest BCUT2D eigenvalue weighted by Gasteiger charge is 2.30. The van der Waals surface area contributed by atoms with Crippen molar-refractivity contribution in [1.82, 2.24) is 0 Å². The molecule has 88 heavy (non-hydrogen) atoms. The quantitative estimate of drug-likeness (QED) is 0.0222. The van der Waals surface area contributed by atoms with Gasteiger partial charge in [-0.1, -0.05) is 287 Å². The van der Waals surface area contributed by atoms with Crippen LogP contribution in [0.4, 0.5) is 0 Å². The first-order valence-electron chi connectivity index (χ1n) is 35.7. The zero-order chi connectivity index (χ0) is 65.4. The average molecular weight is 1300 g/mol. The van der Waals surface area contributed by atoms with E-state index in [0.29, 0.717) is 37.5 Å². The molecular weight excluding hydrogens is 1160 g/mol. The number of esters is 4. The van der Waals surface area contributed by atoms with Gasteiger partial charge >= 0.3 is 39.5 Å². The predicted molar refractivity (Wildman–Crippen MR) is 354 cm³/mol. The van der Waals surface area contributed by atoms with Gasteiger partial charge in [0.05, 0.1) is 26.4 Å². The van der Waals surface area contributed by atoms with E-state index in [1.54, 1.807) is 0 Å². The van der Waals surface area contributed by atoms with Crippen LogP contribution >= 0.6 is 15.6 Å². The molecule has 0 aliphatic rings. The van der Waals surface area contributed by atoms with Crippen LogP contribution in [0.25, 0.3) is 0 Å². The Kier molecular flexibility index (Phi) is 57.6. The fraction of sp³-hybridized carbons (Fsp3) is 0.942. The van der Waals surface area contributed by atoms with E-state index >= 15 is 0 Å². The number of unbranched alkanes of at least 4 members (excludes halogenated alkanes) is 32. The molecule has 0 fully saturated rings. The number of carbonyl (C=O) groups excluding carboxylic acids is 4. The van der Waals surface area contributed by atoms with E-state index in [2.05, 4.69) is 55.4 Å². The molecule has 0 bridgehead atoms. The molecule has 0 aliphatic heterocycles. The van der Waals surface area contributed by atoms with Crippen LogP contribution in [0.5, 0.6) is 0 Å². The lowest BCUT2D eigenvalue weighted by Crippen LogP contribution is -2.30. The molecule has 5 atom stereocenters. The molecule has 0 rings (SSSR count). The molecule has 0 aromatic carbocycles. The zero-order valence-electron chi connectivity index (χ0n) is 57.3. The van der Waals surface area contributed by atoms with E-state index in [-0.39, 0.29) is 25.7 Å². The third kappa shape index (κ3) is 62.8. The topological polar surface area (TPSA) is 237 Å². The van der Waals surface area contributed by atoms with Gasteiger partial charge in [0.1, 0.15) is 19.3 Å². The molecule has 0 saturated carbocycles. The minimum Gasteiger partial charge on any atom is -0.462 e. The Labute approximate surface area is 537 Å². The molecule has 0 saturated heterocycles. The first-order chi connectivity index (χ1) is 42.1. The number of hydrogen-bond acceptors (Lipinski definition) is 15. The highest BCUT2D eigenvalue weighted by molar-refractivity contribution is 7.47. The molecule has 0 radical (unpaired) electrons. The van der Waals surface area contributed by atoms with E-state index in [0.717, 1.165) is 108 Å². The SMILES string of the molecule is CC(C)CCCCCCCCCCCCCCCC(=O)OC[C@H](COP(=O)(O)OC[C@@H](O)COP(=O)(O)OC[C@@H](COC(=O)CCCCCCCCC(C)C)OC(=O)CCCCCCCCCCCCC(C)C)OC(=O)CCCCCCCCCC(C)C. The zero-order valence-corrected chi connectivity index (χ0v) is 59.1. The number of ether oxygens (including phenoxy) is 4. The van der Waals surface area contributed by atoms with E-state index < -0.39 is 97.5 Å². The molecule has 0 aliphatic carbocycles. The predicted octanol–water partition coefficient (Wildman–Crippen LogP) is 19.3. The van der Waals surface area contributed by atoms with Crippen molar-refractivity contribution >= 4 is 39.5 Å². The van der Waals surface area contributed by atoms with Crippen molar-refractivity contribution in [1.29, 1.82) is 0 Å². The monoisotopic (exact) mass is 1300 g/mol. The molecule has 522 valence electrons. The Balaban J connectivity index is 5.21. The molecule has 19 heteroatoms. The molecule has 0 aromatic rings. The van der Waals surface area contributed by atoms with Crippen LogP contribution < -0.4 is 0 Å². The minimum atomic E-state index is -4.95. The summed E-state index contributed by atoms with van der Waals surface area (Å²) in [4.78, 5) is 72.4. The summed E-state index contributed by atoms with van der Waals surface area (Å²) < 4.78 is 68.2. The lowest BCUT2D eigenvalue weighted by molar-refractivity contribution is -0.161. The van der Waals surface area contributed by atoms with Crippen LogP contribution in [0.1, 0.15) is 338 Å². The largest absolute Gasteiger partial charge is 0.472 e. The van der Waals surface area contributed by atoms with Crippen molar-refractivity contribution in [2.75, 3.05) is 39.6 Å². The first-order valence-corrected chi connectivity index (χ1v) is 38.7. The van der Waals surface area contributed by atoms with Crippen LogP contribution in [-0.2, 0) is 65.4 Å². The van der Waals surface area contributed by atoms with Crippen molar-refractivity contribution in [2.24, 2.45) is 23.7 Å². The van der Waals surface area contributed by atoms with Crippen molar-refractivity contribution < 1.29 is 80.2 Å². The van der Waals surface area contributed by atoms with Gasteiger partial charge in [-0.05, 0) is 49.4 Å². The number of hydrogen-bond donors (Lipinski definition) is 3. The van der Waals surface area contributed by atoms with Gasteiger partial charge in [0.15, 0.2) is 12.2 Å². The fourth-order valence-corrected chi connectivity index (χ4v) is 11.9. The Morgan fingerprint density at radius 3 is 0.705 bits per heavy atom. The van der Waals surface area contributed by atoms with Crippen LogP contribution in [0.3, 0.4) is 0 Å². The van der Waals surface area contributed by atoms with E-state index in [1.807, 2.05) is 0 Å². The highest BCUT2D eigenvalue weighted by atomic mass is 31.2. The Morgan fingerprint density at radius 2 is 0.477 bits per heavy atom. The molecule has 0 heterocycles. The van der Waals surface area contributed by atoms with Crippen LogP contribution in [0.2, 0.25) is 0 Å². The van der Waals surface area contributed by atoms with Gasteiger partial charge in [-0.3, -0.25) is 37.3 Å². The summed E-state index contributed by atoms with van der Waals surface area (Å²) >= 11 is 0. The lowest BCUT2D eigenvalue weighted by atomic mass is 10.0. The molecule has 3 N–H and O–H groups in total. The number of carbonyl (C=O) groups is 4. The third-order valence-electron chi connectivity index (χ3n) is 15.8. The van der Waals surface area contributed by atoms with Crippen molar-refractivity contribution in [3.8, 4) is 0 Å². The smallest absolute Gasteiger partial charge is 0.462 e. The number of aliphatic hydroxyl groups is 1. The second-order valence-electron chi connectivity index (χ2n) is 26.8. The normalized spacial score (nSPS) is 14.3. The highest BCUT2D eigenvalue weighted by Crippen LogP contribution is 2.45. The average Bonchev–Trinajstić information content (AvgIpc) is 3.48. The maximum atomic E-state index is 13.0. The van der Waals surface area contributed by atoms with Crippen LogP contribution in [0, 0.1) is 23.7 Å². The molecule has 0 aromatic heterocycles. The van der Waals surface area contributed by atoms with Gasteiger partial charge in [0.2, 0.25) is 0 Å². The van der Waals surface area contributed by atoms with E-state index in [4.69, 9.17) is 37.0 Å². The molecule has 0 amide bonds. The van der Waals surface area contributed by atoms with Gasteiger partial charge in [-0.15, -0.1) is 0 Å². The molecule has 2 unspecified atom stereocenters. The van der Waals surface area contributed by atoms with Gasteiger partial charge < -0.3 is 33.8 Å². The number of phosphoric ester groups is 2. The Bertz CT molecular complexity index is 1750. The Hall–Kier alpha value is -1.94. The maximum absolute atomic E-state index is 13.0. The third-order valence-corrected chi connectivity index (χ3v) is 17.7. The maximum Gasteiger partial charge on any atom is 0.472 e. The fourth-order valence-electron chi connectivity index (χ4n) is 10.3. The molecule has 17 nitrogen and oxygen atoms in total. The summed E-state index contributed by atoms with van der Waals surface area (Å²) in [6.07, 6.45) is 40.6. The second kappa shape index (κ2) is 58.8. The lowest BCUT2D eigenvalue weighted by Gasteiger charge is -2.21. The summed E-state index contributed by atoms with van der Waals surface area (Å²) in [5.74, 6) is 0.784. The van der Waals surface area contributed by atoms with Crippen LogP contribution in [0.15, 0.2) is 0 Å². The summed E-state index contributed by atoms with van der Waals surface area (Å²) in [7, 11) is -9.90. The summed E-state index contributed by atoms with van der Waals surface area (Å²) in [6, 6.07) is 0. The van der Waals surface area contributed by atoms with Crippen molar-refractivity contribution in [3.63, 3.8) is 0 Å². The van der Waals surface area contributed by atoms with Gasteiger partial charge in [-0.2, -0.15) is 0 Å². The van der Waals surface area contributed by atoms with Gasteiger partial charge in [0, 0.05) is 25.7 Å². The van der Waals surface area contributed by atoms with E-state index in [1.165, 1.54) is 135 Å². The van der Waals surface area contributed by atoms with Crippen LogP contribution in [-0.4, -0.2) is 96.7 Å². The standard InChI is InChI=1S/C69H134O17P2/c1-59(2)45-37-29-21-16-12-10-9-11-13-18-24-33-41-49-66(71)79-55-64(86-69(74)52-44-36-26-20-23-31-39-47-61(5)6)57-83-87(75,76)81-53-63(70)54-82-88(77,78)84-58-65(56-80-67(72)50-42-34-28-27-32-40-48-62(7)8)85-68(73)51-43-35-25-19-15-14-17-22-30-38-46-60(3)4/h59-65,70H,9-58H2,1-8H3,(H,75,76)(H,77,78)/t63-,64-,65-/m1/s1. The number of aliphatic hydroxyl groups excluding tert-OH is 1. The minimum absolute atomic E-state index is 0.103. The Morgan fingerprint density at radius 1 is 0.284 bits per heavy atom. The molecular formula is C69H134O17P2. The number of phosphoric acid groups is 2. The number of rotatable bonds is 66. The summed E-state index contributed by atoms with van der Waals surface area (Å²) in [5, 5.41) is 10.6. The summed E-state index contributed by atoms with van der Waals surface area (Å²) in [6.45, 7) is 14.0.